The minimum absolute atomic E-state index is 0.168. The van der Waals surface area contributed by atoms with Gasteiger partial charge in [0.1, 0.15) is 0 Å². The van der Waals surface area contributed by atoms with Crippen LogP contribution in [0.5, 0.6) is 5.75 Å². The molecule has 0 atom stereocenters. The second-order valence-corrected chi connectivity index (χ2v) is 4.75. The number of phenolic OH excluding ortho intramolecular Hbond substituents is 1. The zero-order valence-corrected chi connectivity index (χ0v) is 11.1. The number of hydrogen-bond donors (Lipinski definition) is 2. The van der Waals surface area contributed by atoms with Crippen molar-refractivity contribution >= 4 is 16.5 Å². The van der Waals surface area contributed by atoms with Gasteiger partial charge in [-0.05, 0) is 28.5 Å². The summed E-state index contributed by atoms with van der Waals surface area (Å²) >= 11 is 0. The van der Waals surface area contributed by atoms with E-state index in [4.69, 9.17) is 0 Å². The number of hydrogen-bond acceptors (Lipinski definition) is 2. The van der Waals surface area contributed by atoms with Crippen molar-refractivity contribution in [2.75, 3.05) is 5.32 Å². The van der Waals surface area contributed by atoms with Gasteiger partial charge in [-0.2, -0.15) is 4.39 Å². The van der Waals surface area contributed by atoms with Crippen LogP contribution < -0.4 is 5.32 Å². The van der Waals surface area contributed by atoms with Crippen LogP contribution in [-0.2, 0) is 6.54 Å². The second-order valence-electron chi connectivity index (χ2n) is 4.75. The fourth-order valence-corrected chi connectivity index (χ4v) is 2.32. The molecule has 0 amide bonds. The Bertz CT molecular complexity index is 797. The first-order chi connectivity index (χ1) is 10.2. The highest BCUT2D eigenvalue weighted by molar-refractivity contribution is 5.85. The molecule has 21 heavy (non-hydrogen) atoms. The normalized spacial score (nSPS) is 10.8. The van der Waals surface area contributed by atoms with Gasteiger partial charge in [-0.25, -0.2) is 4.39 Å². The molecule has 0 aromatic heterocycles. The van der Waals surface area contributed by atoms with Crippen molar-refractivity contribution < 1.29 is 13.9 Å². The highest BCUT2D eigenvalue weighted by atomic mass is 19.2. The van der Waals surface area contributed by atoms with Gasteiger partial charge in [0.2, 0.25) is 5.82 Å². The molecule has 2 N–H and O–H groups in total. The number of fused-ring (bicyclic) bond motifs is 1. The molecule has 0 saturated heterocycles. The minimum atomic E-state index is -1.24. The first kappa shape index (κ1) is 13.4. The summed E-state index contributed by atoms with van der Waals surface area (Å²) in [6.07, 6.45) is 0. The van der Waals surface area contributed by atoms with E-state index in [2.05, 4.69) is 5.32 Å². The van der Waals surface area contributed by atoms with E-state index in [0.717, 1.165) is 22.4 Å². The van der Waals surface area contributed by atoms with Gasteiger partial charge in [-0.15, -0.1) is 0 Å². The molecule has 106 valence electrons. The van der Waals surface area contributed by atoms with Crippen LogP contribution in [0, 0.1) is 11.6 Å². The summed E-state index contributed by atoms with van der Waals surface area (Å²) in [5, 5.41) is 14.7. The summed E-state index contributed by atoms with van der Waals surface area (Å²) in [6.45, 7) is 0.403. The number of phenols is 1. The number of benzene rings is 3. The van der Waals surface area contributed by atoms with Gasteiger partial charge in [0, 0.05) is 6.54 Å². The average molecular weight is 285 g/mol. The van der Waals surface area contributed by atoms with E-state index < -0.39 is 17.4 Å². The zero-order valence-electron chi connectivity index (χ0n) is 11.1. The van der Waals surface area contributed by atoms with Crippen LogP contribution in [-0.4, -0.2) is 5.11 Å². The molecule has 2 nitrogen and oxygen atoms in total. The Labute approximate surface area is 120 Å². The van der Waals surface area contributed by atoms with Gasteiger partial charge in [0.05, 0.1) is 5.69 Å². The van der Waals surface area contributed by atoms with E-state index in [-0.39, 0.29) is 5.69 Å². The molecular formula is C17H13F2NO. The van der Waals surface area contributed by atoms with Crippen LogP contribution in [0.15, 0.2) is 54.6 Å². The topological polar surface area (TPSA) is 32.3 Å². The molecule has 0 bridgehead atoms. The maximum Gasteiger partial charge on any atom is 0.202 e. The first-order valence-electron chi connectivity index (χ1n) is 6.54. The zero-order chi connectivity index (χ0) is 14.8. The molecule has 0 spiro atoms. The van der Waals surface area contributed by atoms with Gasteiger partial charge in [-0.1, -0.05) is 42.5 Å². The summed E-state index contributed by atoms with van der Waals surface area (Å²) in [4.78, 5) is 0. The summed E-state index contributed by atoms with van der Waals surface area (Å²) in [5.41, 5.74) is 1.18. The Morgan fingerprint density at radius 3 is 2.52 bits per heavy atom. The van der Waals surface area contributed by atoms with Crippen molar-refractivity contribution in [3.63, 3.8) is 0 Å². The van der Waals surface area contributed by atoms with Crippen LogP contribution >= 0.6 is 0 Å². The lowest BCUT2D eigenvalue weighted by molar-refractivity contribution is 0.409. The lowest BCUT2D eigenvalue weighted by atomic mass is 10.0. The molecule has 3 rings (SSSR count). The summed E-state index contributed by atoms with van der Waals surface area (Å²) < 4.78 is 26.3. The molecule has 0 aliphatic rings. The van der Waals surface area contributed by atoms with Crippen molar-refractivity contribution in [1.29, 1.82) is 0 Å². The van der Waals surface area contributed by atoms with E-state index in [9.17, 15) is 13.9 Å². The average Bonchev–Trinajstić information content (AvgIpc) is 2.52. The fraction of sp³-hybridized carbons (Fsp3) is 0.0588. The third kappa shape index (κ3) is 2.52. The third-order valence-corrected chi connectivity index (χ3v) is 3.42. The highest BCUT2D eigenvalue weighted by Crippen LogP contribution is 2.29. The SMILES string of the molecule is Oc1c(NCc2cccc3ccccc23)ccc(F)c1F. The fourth-order valence-electron chi connectivity index (χ4n) is 2.32. The highest BCUT2D eigenvalue weighted by Gasteiger charge is 2.12. The van der Waals surface area contributed by atoms with E-state index >= 15 is 0 Å². The van der Waals surface area contributed by atoms with Gasteiger partial charge in [0.25, 0.3) is 0 Å². The molecule has 0 aliphatic heterocycles. The maximum absolute atomic E-state index is 13.3. The predicted octanol–water partition coefficient (Wildman–Crippen LogP) is 4.44. The maximum atomic E-state index is 13.3. The summed E-state index contributed by atoms with van der Waals surface area (Å²) in [5.74, 6) is -3.00. The number of halogens is 2. The molecule has 0 saturated carbocycles. The molecule has 3 aromatic carbocycles. The Morgan fingerprint density at radius 1 is 0.905 bits per heavy atom. The van der Waals surface area contributed by atoms with Gasteiger partial charge in [-0.3, -0.25) is 0 Å². The molecule has 4 heteroatoms. The number of anilines is 1. The molecule has 0 heterocycles. The Morgan fingerprint density at radius 2 is 1.67 bits per heavy atom. The van der Waals surface area contributed by atoms with E-state index in [1.807, 2.05) is 42.5 Å². The number of rotatable bonds is 3. The Kier molecular flexibility index (Phi) is 3.44. The molecular weight excluding hydrogens is 272 g/mol. The number of nitrogens with one attached hydrogen (secondary N) is 1. The van der Waals surface area contributed by atoms with Crippen molar-refractivity contribution in [2.24, 2.45) is 0 Å². The second kappa shape index (κ2) is 5.40. The Hall–Kier alpha value is -2.62. The van der Waals surface area contributed by atoms with Crippen molar-refractivity contribution in [3.8, 4) is 5.75 Å². The Balaban J connectivity index is 1.89. The molecule has 0 fully saturated rings. The van der Waals surface area contributed by atoms with Gasteiger partial charge < -0.3 is 10.4 Å². The summed E-state index contributed by atoms with van der Waals surface area (Å²) in [7, 11) is 0. The molecule has 0 unspecified atom stereocenters. The monoisotopic (exact) mass is 285 g/mol. The largest absolute Gasteiger partial charge is 0.503 e. The minimum Gasteiger partial charge on any atom is -0.503 e. The molecule has 3 aromatic rings. The lowest BCUT2D eigenvalue weighted by Gasteiger charge is -2.11. The van der Waals surface area contributed by atoms with Crippen LogP contribution in [0.1, 0.15) is 5.56 Å². The van der Waals surface area contributed by atoms with Crippen LogP contribution in [0.3, 0.4) is 0 Å². The van der Waals surface area contributed by atoms with Gasteiger partial charge in [0.15, 0.2) is 11.6 Å². The summed E-state index contributed by atoms with van der Waals surface area (Å²) in [6, 6.07) is 16.1. The predicted molar refractivity (Wildman–Crippen MR) is 79.3 cm³/mol. The van der Waals surface area contributed by atoms with Crippen LogP contribution in [0.4, 0.5) is 14.5 Å². The van der Waals surface area contributed by atoms with E-state index in [1.165, 1.54) is 6.07 Å². The van der Waals surface area contributed by atoms with Crippen LogP contribution in [0.2, 0.25) is 0 Å². The standard InChI is InChI=1S/C17H13F2NO/c18-14-8-9-15(17(21)16(14)19)20-10-12-6-3-5-11-4-1-2-7-13(11)12/h1-9,20-21H,10H2. The van der Waals surface area contributed by atoms with Crippen LogP contribution in [0.25, 0.3) is 10.8 Å². The van der Waals surface area contributed by atoms with E-state index in [0.29, 0.717) is 6.54 Å². The van der Waals surface area contributed by atoms with Crippen molar-refractivity contribution in [3.05, 3.63) is 71.8 Å². The van der Waals surface area contributed by atoms with E-state index in [1.54, 1.807) is 0 Å². The van der Waals surface area contributed by atoms with Crippen molar-refractivity contribution in [1.82, 2.24) is 0 Å². The number of aromatic hydroxyl groups is 1. The quantitative estimate of drug-likeness (QED) is 0.697. The van der Waals surface area contributed by atoms with Gasteiger partial charge >= 0.3 is 0 Å². The lowest BCUT2D eigenvalue weighted by Crippen LogP contribution is -2.01. The molecule has 0 radical (unpaired) electrons. The smallest absolute Gasteiger partial charge is 0.202 e. The third-order valence-electron chi connectivity index (χ3n) is 3.42. The first-order valence-corrected chi connectivity index (χ1v) is 6.54. The van der Waals surface area contributed by atoms with Crippen molar-refractivity contribution in [2.45, 2.75) is 6.54 Å². The molecule has 0 aliphatic carbocycles.